The number of rotatable bonds is 5. The smallest absolute Gasteiger partial charge is 0.141 e. The van der Waals surface area contributed by atoms with E-state index in [-0.39, 0.29) is 18.3 Å². The van der Waals surface area contributed by atoms with Gasteiger partial charge in [-0.15, -0.1) is 0 Å². The van der Waals surface area contributed by atoms with Gasteiger partial charge in [0.15, 0.2) is 0 Å². The highest BCUT2D eigenvalue weighted by atomic mass is 16.3. The lowest BCUT2D eigenvalue weighted by Gasteiger charge is -2.26. The van der Waals surface area contributed by atoms with Crippen LogP contribution in [0.2, 0.25) is 0 Å². The molecule has 0 amide bonds. The number of carbonyl (C=O) groups excluding carboxylic acids is 1. The molecule has 6 heteroatoms. The van der Waals surface area contributed by atoms with Crippen LogP contribution in [-0.2, 0) is 18.3 Å². The van der Waals surface area contributed by atoms with E-state index in [1.165, 1.54) is 0 Å². The Morgan fingerprint density at radius 2 is 1.89 bits per heavy atom. The van der Waals surface area contributed by atoms with E-state index in [1.54, 1.807) is 17.1 Å². The third-order valence-electron chi connectivity index (χ3n) is 5.58. The van der Waals surface area contributed by atoms with Gasteiger partial charge in [0.05, 0.1) is 11.9 Å². The molecule has 1 aliphatic rings. The van der Waals surface area contributed by atoms with Gasteiger partial charge in [-0.2, -0.15) is 5.10 Å². The van der Waals surface area contributed by atoms with Crippen LogP contribution in [0, 0.1) is 11.8 Å². The predicted octanol–water partition coefficient (Wildman–Crippen LogP) is 2.94. The number of aryl methyl sites for hydroxylation is 1. The normalized spacial score (nSPS) is 20.1. The molecule has 1 fully saturated rings. The Kier molecular flexibility index (Phi) is 4.99. The second-order valence-corrected chi connectivity index (χ2v) is 7.54. The first-order valence-electron chi connectivity index (χ1n) is 9.49. The number of hydrogen-bond donors (Lipinski definition) is 1. The molecule has 27 heavy (non-hydrogen) atoms. The minimum Gasteiger partial charge on any atom is -0.396 e. The van der Waals surface area contributed by atoms with Crippen LogP contribution in [0.5, 0.6) is 0 Å². The summed E-state index contributed by atoms with van der Waals surface area (Å²) < 4.78 is 1.75. The summed E-state index contributed by atoms with van der Waals surface area (Å²) in [5.41, 5.74) is 2.64. The van der Waals surface area contributed by atoms with E-state index in [0.717, 1.165) is 53.4 Å². The molecule has 140 valence electrons. The average molecular weight is 364 g/mol. The van der Waals surface area contributed by atoms with Gasteiger partial charge in [0.25, 0.3) is 0 Å². The van der Waals surface area contributed by atoms with Crippen LogP contribution < -0.4 is 0 Å². The quantitative estimate of drug-likeness (QED) is 0.753. The molecule has 3 aromatic rings. The molecule has 4 rings (SSSR count). The summed E-state index contributed by atoms with van der Waals surface area (Å²) in [5.74, 6) is 0.736. The summed E-state index contributed by atoms with van der Waals surface area (Å²) in [6.07, 6.45) is 11.4. The number of aliphatic hydroxyl groups excluding tert-OH is 1. The Hall–Kier alpha value is -2.60. The number of Topliss-reactive ketones (excluding diaryl/α,β-unsaturated/α-hetero) is 1. The number of pyridine rings is 2. The highest BCUT2D eigenvalue weighted by Gasteiger charge is 2.26. The minimum atomic E-state index is 0.105. The summed E-state index contributed by atoms with van der Waals surface area (Å²) in [7, 11) is 1.88. The SMILES string of the molecule is Cn1cc(-c2cc3cc(CC(=O)C4CCC(CO)CC4)ncc3cn2)cn1. The molecule has 0 spiro atoms. The van der Waals surface area contributed by atoms with Crippen LogP contribution in [0.25, 0.3) is 22.0 Å². The number of carbonyl (C=O) groups is 1. The number of nitrogens with zero attached hydrogens (tertiary/aromatic N) is 4. The average Bonchev–Trinajstić information content (AvgIpc) is 3.14. The lowest BCUT2D eigenvalue weighted by Crippen LogP contribution is -2.24. The molecule has 0 radical (unpaired) electrons. The first-order valence-corrected chi connectivity index (χ1v) is 9.49. The van der Waals surface area contributed by atoms with Gasteiger partial charge in [-0.25, -0.2) is 0 Å². The van der Waals surface area contributed by atoms with E-state index in [9.17, 15) is 9.90 Å². The zero-order chi connectivity index (χ0) is 18.8. The molecule has 0 atom stereocenters. The lowest BCUT2D eigenvalue weighted by atomic mass is 9.79. The predicted molar refractivity (Wildman–Crippen MR) is 103 cm³/mol. The summed E-state index contributed by atoms with van der Waals surface area (Å²) in [6, 6.07) is 4.02. The van der Waals surface area contributed by atoms with Gasteiger partial charge in [0.1, 0.15) is 5.78 Å². The number of aromatic nitrogens is 4. The first kappa shape index (κ1) is 17.8. The number of aliphatic hydroxyl groups is 1. The van der Waals surface area contributed by atoms with E-state index in [0.29, 0.717) is 12.3 Å². The molecule has 3 aromatic heterocycles. The minimum absolute atomic E-state index is 0.105. The van der Waals surface area contributed by atoms with Crippen LogP contribution in [0.4, 0.5) is 0 Å². The van der Waals surface area contributed by atoms with Crippen molar-refractivity contribution >= 4 is 16.6 Å². The number of hydrogen-bond acceptors (Lipinski definition) is 5. The van der Waals surface area contributed by atoms with Crippen molar-refractivity contribution in [2.45, 2.75) is 32.1 Å². The highest BCUT2D eigenvalue weighted by Crippen LogP contribution is 2.30. The lowest BCUT2D eigenvalue weighted by molar-refractivity contribution is -0.123. The fourth-order valence-electron chi connectivity index (χ4n) is 3.88. The van der Waals surface area contributed by atoms with E-state index in [4.69, 9.17) is 0 Å². The van der Waals surface area contributed by atoms with Crippen molar-refractivity contribution in [1.29, 1.82) is 0 Å². The Balaban J connectivity index is 1.51. The standard InChI is InChI=1S/C21H24N4O2/c1-25-12-18(11-24-25)20-7-16-6-19(22-9-17(16)10-23-20)8-21(27)15-4-2-14(13-26)3-5-15/h6-7,9-12,14-15,26H,2-5,8,13H2,1H3. The van der Waals surface area contributed by atoms with Crippen LogP contribution in [-0.4, -0.2) is 37.2 Å². The maximum atomic E-state index is 12.7. The molecule has 1 aliphatic carbocycles. The molecule has 3 heterocycles. The zero-order valence-corrected chi connectivity index (χ0v) is 15.5. The zero-order valence-electron chi connectivity index (χ0n) is 15.5. The molecular weight excluding hydrogens is 340 g/mol. The Bertz CT molecular complexity index is 958. The van der Waals surface area contributed by atoms with Gasteiger partial charge >= 0.3 is 0 Å². The summed E-state index contributed by atoms with van der Waals surface area (Å²) >= 11 is 0. The molecule has 0 aromatic carbocycles. The van der Waals surface area contributed by atoms with Gasteiger partial charge in [-0.3, -0.25) is 19.4 Å². The maximum absolute atomic E-state index is 12.7. The molecular formula is C21H24N4O2. The fraction of sp³-hybridized carbons (Fsp3) is 0.429. The third kappa shape index (κ3) is 3.90. The van der Waals surface area contributed by atoms with Crippen molar-refractivity contribution in [1.82, 2.24) is 19.7 Å². The molecule has 6 nitrogen and oxygen atoms in total. The number of fused-ring (bicyclic) bond motifs is 1. The summed E-state index contributed by atoms with van der Waals surface area (Å²) in [4.78, 5) is 21.6. The maximum Gasteiger partial charge on any atom is 0.141 e. The van der Waals surface area contributed by atoms with Crippen LogP contribution >= 0.6 is 0 Å². The van der Waals surface area contributed by atoms with Crippen molar-refractivity contribution in [2.75, 3.05) is 6.61 Å². The molecule has 1 saturated carbocycles. The van der Waals surface area contributed by atoms with E-state index in [1.807, 2.05) is 31.6 Å². The van der Waals surface area contributed by atoms with Crippen molar-refractivity contribution in [3.63, 3.8) is 0 Å². The van der Waals surface area contributed by atoms with Gasteiger partial charge in [0, 0.05) is 61.2 Å². The molecule has 0 bridgehead atoms. The third-order valence-corrected chi connectivity index (χ3v) is 5.58. The topological polar surface area (TPSA) is 80.9 Å². The summed E-state index contributed by atoms with van der Waals surface area (Å²) in [5, 5.41) is 15.4. The van der Waals surface area contributed by atoms with E-state index < -0.39 is 0 Å². The Labute approximate surface area is 158 Å². The van der Waals surface area contributed by atoms with Gasteiger partial charge in [-0.1, -0.05) is 0 Å². The monoisotopic (exact) mass is 364 g/mol. The van der Waals surface area contributed by atoms with Crippen LogP contribution in [0.3, 0.4) is 0 Å². The molecule has 0 aliphatic heterocycles. The second kappa shape index (κ2) is 7.56. The van der Waals surface area contributed by atoms with Crippen molar-refractivity contribution in [3.05, 3.63) is 42.6 Å². The van der Waals surface area contributed by atoms with E-state index >= 15 is 0 Å². The second-order valence-electron chi connectivity index (χ2n) is 7.54. The Morgan fingerprint density at radius 1 is 1.11 bits per heavy atom. The van der Waals surface area contributed by atoms with Crippen molar-refractivity contribution in [2.24, 2.45) is 18.9 Å². The first-order chi connectivity index (χ1) is 13.1. The largest absolute Gasteiger partial charge is 0.396 e. The highest BCUT2D eigenvalue weighted by molar-refractivity contribution is 5.87. The molecule has 1 N–H and O–H groups in total. The molecule has 0 unspecified atom stereocenters. The van der Waals surface area contributed by atoms with Gasteiger partial charge < -0.3 is 5.11 Å². The fourth-order valence-corrected chi connectivity index (χ4v) is 3.88. The van der Waals surface area contributed by atoms with Crippen molar-refractivity contribution < 1.29 is 9.90 Å². The summed E-state index contributed by atoms with van der Waals surface area (Å²) in [6.45, 7) is 0.237. The van der Waals surface area contributed by atoms with Crippen LogP contribution in [0.15, 0.2) is 36.9 Å². The van der Waals surface area contributed by atoms with Gasteiger partial charge in [0.2, 0.25) is 0 Å². The van der Waals surface area contributed by atoms with Crippen LogP contribution in [0.1, 0.15) is 31.4 Å². The van der Waals surface area contributed by atoms with E-state index in [2.05, 4.69) is 15.1 Å². The molecule has 0 saturated heterocycles. The van der Waals surface area contributed by atoms with Crippen molar-refractivity contribution in [3.8, 4) is 11.3 Å². The Morgan fingerprint density at radius 3 is 2.59 bits per heavy atom. The number of ketones is 1. The van der Waals surface area contributed by atoms with Gasteiger partial charge in [-0.05, 0) is 49.1 Å².